The zero-order valence-corrected chi connectivity index (χ0v) is 8.85. The first kappa shape index (κ1) is 8.76. The molecule has 1 fully saturated rings. The van der Waals surface area contributed by atoms with E-state index in [0.29, 0.717) is 0 Å². The van der Waals surface area contributed by atoms with Gasteiger partial charge in [-0.2, -0.15) is 0 Å². The Bertz CT molecular complexity index is 208. The number of rotatable bonds is 0. The van der Waals surface area contributed by atoms with E-state index < -0.39 is 0 Å². The monoisotopic (exact) mass is 198 g/mol. The summed E-state index contributed by atoms with van der Waals surface area (Å²) >= 11 is 4.16. The zero-order chi connectivity index (χ0) is 8.23. The van der Waals surface area contributed by atoms with Gasteiger partial charge in [0.15, 0.2) is 0 Å². The van der Waals surface area contributed by atoms with Crippen molar-refractivity contribution in [3.05, 3.63) is 22.0 Å². The summed E-state index contributed by atoms with van der Waals surface area (Å²) in [6, 6.07) is 0. The van der Waals surface area contributed by atoms with Crippen LogP contribution in [-0.2, 0) is 0 Å². The number of hydrogen-bond acceptors (Lipinski definition) is 2. The summed E-state index contributed by atoms with van der Waals surface area (Å²) < 4.78 is 1.64. The fourth-order valence-electron chi connectivity index (χ4n) is 1.52. The van der Waals surface area contributed by atoms with Gasteiger partial charge in [-0.15, -0.1) is 23.5 Å². The van der Waals surface area contributed by atoms with Gasteiger partial charge in [-0.25, -0.2) is 0 Å². The molecule has 0 amide bonds. The first-order chi connectivity index (χ1) is 5.97. The quantitative estimate of drug-likeness (QED) is 0.543. The minimum Gasteiger partial charge on any atom is -0.119 e. The van der Waals surface area contributed by atoms with Crippen molar-refractivity contribution >= 4 is 23.5 Å². The van der Waals surface area contributed by atoms with E-state index in [1.165, 1.54) is 37.2 Å². The highest BCUT2D eigenvalue weighted by molar-refractivity contribution is 8.22. The van der Waals surface area contributed by atoms with Crippen molar-refractivity contribution in [2.24, 2.45) is 0 Å². The van der Waals surface area contributed by atoms with E-state index in [9.17, 15) is 0 Å². The zero-order valence-electron chi connectivity index (χ0n) is 7.21. The number of allylic oxidation sites excluding steroid dienone is 3. The van der Waals surface area contributed by atoms with Crippen LogP contribution in [0.1, 0.15) is 25.7 Å². The Morgan fingerprint density at radius 2 is 1.92 bits per heavy atom. The SMILES string of the molecule is C1=CCC(=C2SCCCS2)CC1. The second kappa shape index (κ2) is 4.43. The van der Waals surface area contributed by atoms with E-state index in [4.69, 9.17) is 0 Å². The summed E-state index contributed by atoms with van der Waals surface area (Å²) in [7, 11) is 0. The molecule has 0 atom stereocenters. The molecule has 12 heavy (non-hydrogen) atoms. The van der Waals surface area contributed by atoms with Crippen LogP contribution in [0.2, 0.25) is 0 Å². The minimum absolute atomic E-state index is 1.22. The van der Waals surface area contributed by atoms with Gasteiger partial charge in [0.25, 0.3) is 0 Å². The molecule has 0 bridgehead atoms. The minimum atomic E-state index is 1.22. The normalized spacial score (nSPS) is 24.7. The lowest BCUT2D eigenvalue weighted by Crippen LogP contribution is -1.97. The molecular weight excluding hydrogens is 184 g/mol. The van der Waals surface area contributed by atoms with Crippen molar-refractivity contribution in [3.63, 3.8) is 0 Å². The van der Waals surface area contributed by atoms with Gasteiger partial charge < -0.3 is 0 Å². The van der Waals surface area contributed by atoms with Gasteiger partial charge in [-0.3, -0.25) is 0 Å². The molecule has 0 saturated carbocycles. The Morgan fingerprint density at radius 1 is 1.08 bits per heavy atom. The molecule has 2 rings (SSSR count). The molecule has 0 N–H and O–H groups in total. The highest BCUT2D eigenvalue weighted by Crippen LogP contribution is 2.40. The number of thioether (sulfide) groups is 2. The molecule has 0 nitrogen and oxygen atoms in total. The van der Waals surface area contributed by atoms with E-state index in [-0.39, 0.29) is 0 Å². The van der Waals surface area contributed by atoms with E-state index in [1.807, 2.05) is 0 Å². The van der Waals surface area contributed by atoms with Crippen molar-refractivity contribution in [1.29, 1.82) is 0 Å². The molecule has 66 valence electrons. The largest absolute Gasteiger partial charge is 0.119 e. The summed E-state index contributed by atoms with van der Waals surface area (Å²) in [6.07, 6.45) is 9.81. The highest BCUT2D eigenvalue weighted by Gasteiger charge is 2.12. The summed E-state index contributed by atoms with van der Waals surface area (Å²) in [5.74, 6) is 2.69. The Labute approximate surface area is 82.9 Å². The van der Waals surface area contributed by atoms with Gasteiger partial charge in [-0.05, 0) is 42.8 Å². The van der Waals surface area contributed by atoms with Gasteiger partial charge in [0.1, 0.15) is 0 Å². The van der Waals surface area contributed by atoms with Crippen LogP contribution >= 0.6 is 23.5 Å². The third-order valence-corrected chi connectivity index (χ3v) is 4.98. The van der Waals surface area contributed by atoms with Crippen molar-refractivity contribution in [2.45, 2.75) is 25.7 Å². The van der Waals surface area contributed by atoms with Crippen LogP contribution in [0.4, 0.5) is 0 Å². The second-order valence-corrected chi connectivity index (χ2v) is 5.62. The van der Waals surface area contributed by atoms with Gasteiger partial charge in [0.2, 0.25) is 0 Å². The molecule has 2 aliphatic rings. The lowest BCUT2D eigenvalue weighted by Gasteiger charge is -2.18. The van der Waals surface area contributed by atoms with E-state index in [2.05, 4.69) is 35.7 Å². The second-order valence-electron chi connectivity index (χ2n) is 3.16. The molecular formula is C10H14S2. The summed E-state index contributed by atoms with van der Waals surface area (Å²) in [6.45, 7) is 0. The molecule has 0 spiro atoms. The Morgan fingerprint density at radius 3 is 2.58 bits per heavy atom. The Kier molecular flexibility index (Phi) is 3.23. The van der Waals surface area contributed by atoms with Crippen molar-refractivity contribution in [2.75, 3.05) is 11.5 Å². The fraction of sp³-hybridized carbons (Fsp3) is 0.600. The van der Waals surface area contributed by atoms with Gasteiger partial charge in [0, 0.05) is 4.24 Å². The third-order valence-electron chi connectivity index (χ3n) is 2.19. The van der Waals surface area contributed by atoms with Crippen LogP contribution in [0.5, 0.6) is 0 Å². The highest BCUT2D eigenvalue weighted by atomic mass is 32.2. The predicted molar refractivity (Wildman–Crippen MR) is 59.6 cm³/mol. The topological polar surface area (TPSA) is 0 Å². The van der Waals surface area contributed by atoms with Crippen LogP contribution < -0.4 is 0 Å². The smallest absolute Gasteiger partial charge is 0.0396 e. The fourth-order valence-corrected chi connectivity index (χ4v) is 4.27. The van der Waals surface area contributed by atoms with E-state index in [1.54, 1.807) is 9.81 Å². The molecule has 1 heterocycles. The maximum atomic E-state index is 2.32. The molecule has 0 aromatic heterocycles. The maximum absolute atomic E-state index is 2.32. The van der Waals surface area contributed by atoms with Crippen LogP contribution in [-0.4, -0.2) is 11.5 Å². The molecule has 0 aromatic rings. The van der Waals surface area contributed by atoms with E-state index >= 15 is 0 Å². The van der Waals surface area contributed by atoms with Crippen molar-refractivity contribution in [1.82, 2.24) is 0 Å². The van der Waals surface area contributed by atoms with Crippen LogP contribution in [0, 0.1) is 0 Å². The average Bonchev–Trinajstić information content (AvgIpc) is 2.21. The molecule has 2 heteroatoms. The predicted octanol–water partition coefficient (Wildman–Crippen LogP) is 3.81. The molecule has 1 aliphatic carbocycles. The molecule has 0 unspecified atom stereocenters. The maximum Gasteiger partial charge on any atom is 0.0396 e. The number of hydrogen-bond donors (Lipinski definition) is 0. The van der Waals surface area contributed by atoms with Crippen molar-refractivity contribution < 1.29 is 0 Å². The van der Waals surface area contributed by atoms with Crippen LogP contribution in [0.25, 0.3) is 0 Å². The molecule has 0 aromatic carbocycles. The van der Waals surface area contributed by atoms with Gasteiger partial charge in [0.05, 0.1) is 0 Å². The summed E-state index contributed by atoms with van der Waals surface area (Å²) in [5, 5.41) is 0. The van der Waals surface area contributed by atoms with E-state index in [0.717, 1.165) is 0 Å². The summed E-state index contributed by atoms with van der Waals surface area (Å²) in [5.41, 5.74) is 1.70. The standard InChI is InChI=1S/C10H14S2/c1-2-5-9(6-3-1)10-11-7-4-8-12-10/h1-2H,3-8H2. The first-order valence-corrected chi connectivity index (χ1v) is 6.56. The van der Waals surface area contributed by atoms with Gasteiger partial charge in [-0.1, -0.05) is 12.2 Å². The average molecular weight is 198 g/mol. The van der Waals surface area contributed by atoms with Crippen LogP contribution in [0.15, 0.2) is 22.0 Å². The van der Waals surface area contributed by atoms with Crippen molar-refractivity contribution in [3.8, 4) is 0 Å². The molecule has 0 radical (unpaired) electrons. The third kappa shape index (κ3) is 2.11. The first-order valence-electron chi connectivity index (χ1n) is 4.59. The molecule has 1 aliphatic heterocycles. The Balaban J connectivity index is 2.06. The lowest BCUT2D eigenvalue weighted by molar-refractivity contribution is 0.900. The lowest BCUT2D eigenvalue weighted by atomic mass is 10.0. The van der Waals surface area contributed by atoms with Crippen LogP contribution in [0.3, 0.4) is 0 Å². The van der Waals surface area contributed by atoms with Gasteiger partial charge >= 0.3 is 0 Å². The molecule has 1 saturated heterocycles. The summed E-state index contributed by atoms with van der Waals surface area (Å²) in [4.78, 5) is 0. The Hall–Kier alpha value is 0.180.